The molecule has 5 nitrogen and oxygen atoms in total. The molecule has 0 unspecified atom stereocenters. The van der Waals surface area contributed by atoms with Gasteiger partial charge in [-0.3, -0.25) is 14.6 Å². The summed E-state index contributed by atoms with van der Waals surface area (Å²) in [6.07, 6.45) is 2.60. The second kappa shape index (κ2) is 7.52. The number of carbonyl (C=O) groups is 2. The number of amides is 2. The van der Waals surface area contributed by atoms with Gasteiger partial charge < -0.3 is 10.6 Å². The highest BCUT2D eigenvalue weighted by Gasteiger charge is 2.12. The topological polar surface area (TPSA) is 71.1 Å². The zero-order chi connectivity index (χ0) is 18.5. The molecular formula is C19H13F2N3O2. The molecule has 0 aliphatic rings. The first-order valence-electron chi connectivity index (χ1n) is 7.60. The van der Waals surface area contributed by atoms with E-state index in [-0.39, 0.29) is 16.8 Å². The lowest BCUT2D eigenvalue weighted by Gasteiger charge is -2.08. The van der Waals surface area contributed by atoms with Gasteiger partial charge in [-0.05, 0) is 48.5 Å². The van der Waals surface area contributed by atoms with Crippen LogP contribution in [-0.2, 0) is 0 Å². The summed E-state index contributed by atoms with van der Waals surface area (Å²) in [6, 6.07) is 12.1. The second-order valence-corrected chi connectivity index (χ2v) is 5.39. The SMILES string of the molecule is O=C(Nc1ccc(F)cc1)c1cncc(C(=O)Nc2cccc(F)c2)c1. The third-order valence-corrected chi connectivity index (χ3v) is 3.45. The fourth-order valence-electron chi connectivity index (χ4n) is 2.19. The Morgan fingerprint density at radius 3 is 1.96 bits per heavy atom. The number of aromatic nitrogens is 1. The zero-order valence-corrected chi connectivity index (χ0v) is 13.4. The molecular weight excluding hydrogens is 340 g/mol. The molecule has 1 aromatic heterocycles. The van der Waals surface area contributed by atoms with Gasteiger partial charge in [0.2, 0.25) is 0 Å². The number of carbonyl (C=O) groups excluding carboxylic acids is 2. The van der Waals surface area contributed by atoms with E-state index in [1.165, 1.54) is 60.9 Å². The van der Waals surface area contributed by atoms with Crippen molar-refractivity contribution in [2.24, 2.45) is 0 Å². The van der Waals surface area contributed by atoms with Crippen molar-refractivity contribution in [1.29, 1.82) is 0 Å². The monoisotopic (exact) mass is 353 g/mol. The van der Waals surface area contributed by atoms with Crippen LogP contribution in [0.1, 0.15) is 20.7 Å². The fraction of sp³-hybridized carbons (Fsp3) is 0. The summed E-state index contributed by atoms with van der Waals surface area (Å²) in [4.78, 5) is 28.4. The molecule has 130 valence electrons. The smallest absolute Gasteiger partial charge is 0.257 e. The van der Waals surface area contributed by atoms with Crippen LogP contribution < -0.4 is 10.6 Å². The highest BCUT2D eigenvalue weighted by molar-refractivity contribution is 6.08. The van der Waals surface area contributed by atoms with Crippen molar-refractivity contribution in [1.82, 2.24) is 4.98 Å². The van der Waals surface area contributed by atoms with E-state index in [1.54, 1.807) is 6.07 Å². The van der Waals surface area contributed by atoms with Gasteiger partial charge in [-0.25, -0.2) is 8.78 Å². The van der Waals surface area contributed by atoms with Crippen molar-refractivity contribution in [2.75, 3.05) is 10.6 Å². The van der Waals surface area contributed by atoms with E-state index in [1.807, 2.05) is 0 Å². The molecule has 0 aliphatic heterocycles. The molecule has 3 aromatic rings. The van der Waals surface area contributed by atoms with Crippen molar-refractivity contribution in [3.05, 3.63) is 89.8 Å². The number of anilines is 2. The number of halogens is 2. The molecule has 2 aromatic carbocycles. The number of rotatable bonds is 4. The van der Waals surface area contributed by atoms with E-state index in [4.69, 9.17) is 0 Å². The molecule has 26 heavy (non-hydrogen) atoms. The summed E-state index contributed by atoms with van der Waals surface area (Å²) in [6.45, 7) is 0. The van der Waals surface area contributed by atoms with Crippen molar-refractivity contribution in [2.45, 2.75) is 0 Å². The number of benzene rings is 2. The van der Waals surface area contributed by atoms with Crippen LogP contribution in [0.3, 0.4) is 0 Å². The normalized spacial score (nSPS) is 10.2. The number of hydrogen-bond acceptors (Lipinski definition) is 3. The summed E-state index contributed by atoms with van der Waals surface area (Å²) in [7, 11) is 0. The maximum atomic E-state index is 13.2. The summed E-state index contributed by atoms with van der Waals surface area (Å²) in [5.41, 5.74) is 0.990. The zero-order valence-electron chi connectivity index (χ0n) is 13.4. The van der Waals surface area contributed by atoms with Gasteiger partial charge in [0.25, 0.3) is 11.8 Å². The first kappa shape index (κ1) is 17.2. The van der Waals surface area contributed by atoms with Crippen LogP contribution in [0, 0.1) is 11.6 Å². The summed E-state index contributed by atoms with van der Waals surface area (Å²) >= 11 is 0. The van der Waals surface area contributed by atoms with Crippen LogP contribution in [0.5, 0.6) is 0 Å². The molecule has 2 amide bonds. The molecule has 0 saturated heterocycles. The Hall–Kier alpha value is -3.61. The molecule has 1 heterocycles. The summed E-state index contributed by atoms with van der Waals surface area (Å²) < 4.78 is 26.1. The Balaban J connectivity index is 1.73. The molecule has 0 atom stereocenters. The van der Waals surface area contributed by atoms with Gasteiger partial charge in [-0.1, -0.05) is 6.07 Å². The number of pyridine rings is 1. The first-order chi connectivity index (χ1) is 12.5. The van der Waals surface area contributed by atoms with Gasteiger partial charge in [0.05, 0.1) is 11.1 Å². The van der Waals surface area contributed by atoms with E-state index in [9.17, 15) is 18.4 Å². The first-order valence-corrected chi connectivity index (χ1v) is 7.60. The average molecular weight is 353 g/mol. The van der Waals surface area contributed by atoms with Gasteiger partial charge in [0.15, 0.2) is 0 Å². The molecule has 0 fully saturated rings. The van der Waals surface area contributed by atoms with E-state index in [2.05, 4.69) is 15.6 Å². The van der Waals surface area contributed by atoms with Gasteiger partial charge in [-0.15, -0.1) is 0 Å². The Bertz CT molecular complexity index is 959. The van der Waals surface area contributed by atoms with Gasteiger partial charge >= 0.3 is 0 Å². The molecule has 0 aliphatic carbocycles. The fourth-order valence-corrected chi connectivity index (χ4v) is 2.19. The van der Waals surface area contributed by atoms with Gasteiger partial charge in [0, 0.05) is 23.8 Å². The predicted molar refractivity (Wildman–Crippen MR) is 92.9 cm³/mol. The Morgan fingerprint density at radius 2 is 1.35 bits per heavy atom. The average Bonchev–Trinajstić information content (AvgIpc) is 2.64. The molecule has 2 N–H and O–H groups in total. The minimum atomic E-state index is -0.528. The van der Waals surface area contributed by atoms with Crippen LogP contribution in [-0.4, -0.2) is 16.8 Å². The summed E-state index contributed by atoms with van der Waals surface area (Å²) in [5, 5.41) is 5.11. The quantitative estimate of drug-likeness (QED) is 0.748. The highest BCUT2D eigenvalue weighted by atomic mass is 19.1. The Morgan fingerprint density at radius 1 is 0.731 bits per heavy atom. The Kier molecular flexibility index (Phi) is 4.98. The molecule has 3 rings (SSSR count). The van der Waals surface area contributed by atoms with Crippen molar-refractivity contribution in [3.63, 3.8) is 0 Å². The third kappa shape index (κ3) is 4.27. The van der Waals surface area contributed by atoms with Crippen molar-refractivity contribution >= 4 is 23.2 Å². The van der Waals surface area contributed by atoms with Crippen molar-refractivity contribution < 1.29 is 18.4 Å². The number of nitrogens with one attached hydrogen (secondary N) is 2. The lowest BCUT2D eigenvalue weighted by atomic mass is 10.1. The predicted octanol–water partition coefficient (Wildman–Crippen LogP) is 3.86. The van der Waals surface area contributed by atoms with Crippen LogP contribution in [0.25, 0.3) is 0 Å². The molecule has 0 bridgehead atoms. The van der Waals surface area contributed by atoms with Crippen LogP contribution >= 0.6 is 0 Å². The van der Waals surface area contributed by atoms with E-state index >= 15 is 0 Å². The maximum Gasteiger partial charge on any atom is 0.257 e. The minimum absolute atomic E-state index is 0.140. The number of hydrogen-bond donors (Lipinski definition) is 2. The largest absolute Gasteiger partial charge is 0.322 e. The highest BCUT2D eigenvalue weighted by Crippen LogP contribution is 2.13. The second-order valence-electron chi connectivity index (χ2n) is 5.39. The third-order valence-electron chi connectivity index (χ3n) is 3.45. The standard InChI is InChI=1S/C19H13F2N3O2/c20-14-4-6-16(7-5-14)23-18(25)12-8-13(11-22-10-12)19(26)24-17-3-1-2-15(21)9-17/h1-11H,(H,23,25)(H,24,26). The number of nitrogens with zero attached hydrogens (tertiary/aromatic N) is 1. The molecule has 0 saturated carbocycles. The van der Waals surface area contributed by atoms with Crippen molar-refractivity contribution in [3.8, 4) is 0 Å². The molecule has 0 radical (unpaired) electrons. The lowest BCUT2D eigenvalue weighted by molar-refractivity contribution is 0.102. The lowest BCUT2D eigenvalue weighted by Crippen LogP contribution is -2.16. The van der Waals surface area contributed by atoms with E-state index in [0.717, 1.165) is 0 Å². The maximum absolute atomic E-state index is 13.2. The van der Waals surface area contributed by atoms with E-state index < -0.39 is 23.4 Å². The van der Waals surface area contributed by atoms with E-state index in [0.29, 0.717) is 5.69 Å². The van der Waals surface area contributed by atoms with Crippen LogP contribution in [0.2, 0.25) is 0 Å². The molecule has 0 spiro atoms. The Labute approximate surface area is 147 Å². The summed E-state index contributed by atoms with van der Waals surface area (Å²) in [5.74, 6) is -1.92. The molecule has 7 heteroatoms. The van der Waals surface area contributed by atoms with Gasteiger partial charge in [0.1, 0.15) is 11.6 Å². The minimum Gasteiger partial charge on any atom is -0.322 e. The van der Waals surface area contributed by atoms with Crippen LogP contribution in [0.15, 0.2) is 67.0 Å². The van der Waals surface area contributed by atoms with Crippen LogP contribution in [0.4, 0.5) is 20.2 Å². The van der Waals surface area contributed by atoms with Gasteiger partial charge in [-0.2, -0.15) is 0 Å².